The number of amides is 2. The molecule has 0 aromatic heterocycles. The average molecular weight is 346 g/mol. The third-order valence-electron chi connectivity index (χ3n) is 5.26. The van der Waals surface area contributed by atoms with Crippen LogP contribution in [0.4, 0.5) is 5.69 Å². The van der Waals surface area contributed by atoms with Crippen LogP contribution >= 0.6 is 0 Å². The summed E-state index contributed by atoms with van der Waals surface area (Å²) in [6.45, 7) is 4.02. The molecule has 0 atom stereocenters. The summed E-state index contributed by atoms with van der Waals surface area (Å²) in [7, 11) is 0. The third-order valence-corrected chi connectivity index (χ3v) is 5.26. The minimum atomic E-state index is -0.873. The number of carbonyl (C=O) groups is 2. The maximum absolute atomic E-state index is 12.3. The Labute approximate surface area is 150 Å². The van der Waals surface area contributed by atoms with E-state index in [0.717, 1.165) is 25.7 Å². The van der Waals surface area contributed by atoms with Gasteiger partial charge in [-0.3, -0.25) is 9.59 Å². The predicted octanol–water partition coefficient (Wildman–Crippen LogP) is 3.49. The van der Waals surface area contributed by atoms with E-state index in [0.29, 0.717) is 24.1 Å². The Hall–Kier alpha value is -1.88. The van der Waals surface area contributed by atoms with Gasteiger partial charge in [0.1, 0.15) is 0 Å². The minimum absolute atomic E-state index is 0.0450. The van der Waals surface area contributed by atoms with Crippen LogP contribution < -0.4 is 10.6 Å². The largest absolute Gasteiger partial charge is 0.388 e. The average Bonchev–Trinajstić information content (AvgIpc) is 2.66. The van der Waals surface area contributed by atoms with Gasteiger partial charge in [0.25, 0.3) is 5.91 Å². The van der Waals surface area contributed by atoms with Crippen LogP contribution in [0.15, 0.2) is 24.3 Å². The van der Waals surface area contributed by atoms with Gasteiger partial charge in [0.05, 0.1) is 5.60 Å². The molecule has 1 aliphatic rings. The number of hydrogen-bond acceptors (Lipinski definition) is 3. The van der Waals surface area contributed by atoms with Crippen LogP contribution in [0, 0.1) is 5.92 Å². The maximum Gasteiger partial charge on any atom is 0.251 e. The fourth-order valence-electron chi connectivity index (χ4n) is 3.19. The van der Waals surface area contributed by atoms with Gasteiger partial charge in [-0.05, 0) is 43.9 Å². The van der Waals surface area contributed by atoms with E-state index in [4.69, 9.17) is 0 Å². The molecule has 1 aromatic carbocycles. The zero-order chi connectivity index (χ0) is 18.3. The van der Waals surface area contributed by atoms with Crippen molar-refractivity contribution in [2.24, 2.45) is 5.92 Å². The van der Waals surface area contributed by atoms with Gasteiger partial charge in [-0.15, -0.1) is 0 Å². The van der Waals surface area contributed by atoms with Crippen LogP contribution in [0.3, 0.4) is 0 Å². The Balaban J connectivity index is 1.95. The highest BCUT2D eigenvalue weighted by Gasteiger charge is 2.23. The molecular weight excluding hydrogens is 316 g/mol. The second-order valence-electron chi connectivity index (χ2n) is 7.02. The Morgan fingerprint density at radius 1 is 1.16 bits per heavy atom. The van der Waals surface area contributed by atoms with Crippen LogP contribution in [0.1, 0.15) is 69.2 Å². The van der Waals surface area contributed by atoms with Crippen LogP contribution in [0.2, 0.25) is 0 Å². The zero-order valence-corrected chi connectivity index (χ0v) is 15.3. The molecule has 5 heteroatoms. The number of benzene rings is 1. The molecular formula is C20H30N2O3. The van der Waals surface area contributed by atoms with E-state index >= 15 is 0 Å². The number of hydrogen-bond donors (Lipinski definition) is 3. The lowest BCUT2D eigenvalue weighted by atomic mass is 9.88. The van der Waals surface area contributed by atoms with Crippen molar-refractivity contribution in [2.45, 2.75) is 64.4 Å². The number of rotatable bonds is 7. The molecule has 1 saturated carbocycles. The van der Waals surface area contributed by atoms with Gasteiger partial charge in [-0.2, -0.15) is 0 Å². The fraction of sp³-hybridized carbons (Fsp3) is 0.600. The van der Waals surface area contributed by atoms with Gasteiger partial charge in [0.15, 0.2) is 0 Å². The maximum atomic E-state index is 12.3. The van der Waals surface area contributed by atoms with Crippen molar-refractivity contribution in [1.82, 2.24) is 5.32 Å². The first-order valence-electron chi connectivity index (χ1n) is 9.39. The lowest BCUT2D eigenvalue weighted by Crippen LogP contribution is -2.42. The lowest BCUT2D eigenvalue weighted by Gasteiger charge is -2.25. The van der Waals surface area contributed by atoms with Crippen LogP contribution in [0.5, 0.6) is 0 Å². The van der Waals surface area contributed by atoms with Gasteiger partial charge in [0.2, 0.25) is 5.91 Å². The predicted molar refractivity (Wildman–Crippen MR) is 99.5 cm³/mol. The highest BCUT2D eigenvalue weighted by Crippen LogP contribution is 2.25. The van der Waals surface area contributed by atoms with Crippen molar-refractivity contribution >= 4 is 17.5 Å². The number of carbonyl (C=O) groups excluding carboxylic acids is 2. The lowest BCUT2D eigenvalue weighted by molar-refractivity contribution is -0.120. The Kier molecular flexibility index (Phi) is 7.00. The van der Waals surface area contributed by atoms with E-state index in [-0.39, 0.29) is 24.3 Å². The SMILES string of the molecule is CCC(O)(CC)CNC(=O)c1cccc(NC(=O)C2CCCCC2)c1. The minimum Gasteiger partial charge on any atom is -0.388 e. The Morgan fingerprint density at radius 3 is 2.48 bits per heavy atom. The van der Waals surface area contributed by atoms with Crippen molar-refractivity contribution in [3.8, 4) is 0 Å². The highest BCUT2D eigenvalue weighted by atomic mass is 16.3. The van der Waals surface area contributed by atoms with Crippen molar-refractivity contribution in [2.75, 3.05) is 11.9 Å². The molecule has 5 nitrogen and oxygen atoms in total. The molecule has 25 heavy (non-hydrogen) atoms. The van der Waals surface area contributed by atoms with Crippen LogP contribution in [-0.2, 0) is 4.79 Å². The monoisotopic (exact) mass is 346 g/mol. The summed E-state index contributed by atoms with van der Waals surface area (Å²) in [4.78, 5) is 24.7. The van der Waals surface area contributed by atoms with Gasteiger partial charge < -0.3 is 15.7 Å². The van der Waals surface area contributed by atoms with E-state index in [1.807, 2.05) is 13.8 Å². The van der Waals surface area contributed by atoms with E-state index in [1.165, 1.54) is 6.42 Å². The summed E-state index contributed by atoms with van der Waals surface area (Å²) in [5, 5.41) is 16.0. The third kappa shape index (κ3) is 5.56. The highest BCUT2D eigenvalue weighted by molar-refractivity contribution is 5.97. The second kappa shape index (κ2) is 8.99. The smallest absolute Gasteiger partial charge is 0.251 e. The number of nitrogens with one attached hydrogen (secondary N) is 2. The van der Waals surface area contributed by atoms with Crippen molar-refractivity contribution in [3.05, 3.63) is 29.8 Å². The van der Waals surface area contributed by atoms with Crippen molar-refractivity contribution in [1.29, 1.82) is 0 Å². The quantitative estimate of drug-likeness (QED) is 0.707. The standard InChI is InChI=1S/C20H30N2O3/c1-3-20(25,4-2)14-21-18(23)16-11-8-12-17(13-16)22-19(24)15-9-6-5-7-10-15/h8,11-13,15,25H,3-7,9-10,14H2,1-2H3,(H,21,23)(H,22,24). The normalized spacial score (nSPS) is 15.6. The zero-order valence-electron chi connectivity index (χ0n) is 15.3. The van der Waals surface area contributed by atoms with E-state index in [2.05, 4.69) is 10.6 Å². The Morgan fingerprint density at radius 2 is 1.84 bits per heavy atom. The van der Waals surface area contributed by atoms with Crippen LogP contribution in [-0.4, -0.2) is 29.1 Å². The second-order valence-corrected chi connectivity index (χ2v) is 7.02. The first-order chi connectivity index (χ1) is 12.0. The van der Waals surface area contributed by atoms with Gasteiger partial charge in [0, 0.05) is 23.7 Å². The van der Waals surface area contributed by atoms with E-state index in [9.17, 15) is 14.7 Å². The topological polar surface area (TPSA) is 78.4 Å². The van der Waals surface area contributed by atoms with Gasteiger partial charge in [-0.25, -0.2) is 0 Å². The number of aliphatic hydroxyl groups is 1. The Bertz CT molecular complexity index is 590. The van der Waals surface area contributed by atoms with E-state index < -0.39 is 5.60 Å². The molecule has 0 heterocycles. The van der Waals surface area contributed by atoms with Crippen molar-refractivity contribution in [3.63, 3.8) is 0 Å². The molecule has 2 amide bonds. The van der Waals surface area contributed by atoms with Crippen LogP contribution in [0.25, 0.3) is 0 Å². The summed E-state index contributed by atoms with van der Waals surface area (Å²) in [5.74, 6) is -0.118. The first kappa shape index (κ1) is 19.4. The molecule has 1 fully saturated rings. The fourth-order valence-corrected chi connectivity index (χ4v) is 3.19. The molecule has 0 saturated heterocycles. The number of anilines is 1. The summed E-state index contributed by atoms with van der Waals surface area (Å²) in [5.41, 5.74) is 0.253. The molecule has 1 aliphatic carbocycles. The summed E-state index contributed by atoms with van der Waals surface area (Å²) >= 11 is 0. The van der Waals surface area contributed by atoms with Crippen molar-refractivity contribution < 1.29 is 14.7 Å². The first-order valence-corrected chi connectivity index (χ1v) is 9.39. The molecule has 0 radical (unpaired) electrons. The molecule has 2 rings (SSSR count). The summed E-state index contributed by atoms with van der Waals surface area (Å²) < 4.78 is 0. The van der Waals surface area contributed by atoms with Gasteiger partial charge >= 0.3 is 0 Å². The van der Waals surface area contributed by atoms with Gasteiger partial charge in [-0.1, -0.05) is 39.2 Å². The summed E-state index contributed by atoms with van der Waals surface area (Å²) in [6, 6.07) is 6.96. The molecule has 0 bridgehead atoms. The molecule has 3 N–H and O–H groups in total. The molecule has 0 aliphatic heterocycles. The molecule has 138 valence electrons. The van der Waals surface area contributed by atoms with E-state index in [1.54, 1.807) is 24.3 Å². The molecule has 0 unspecified atom stereocenters. The molecule has 1 aromatic rings. The summed E-state index contributed by atoms with van der Waals surface area (Å²) in [6.07, 6.45) is 6.48. The molecule has 0 spiro atoms.